The van der Waals surface area contributed by atoms with E-state index in [9.17, 15) is 14.0 Å². The molecule has 4 rings (SSSR count). The third kappa shape index (κ3) is 3.85. The van der Waals surface area contributed by atoms with Gasteiger partial charge in [0.15, 0.2) is 4.32 Å². The summed E-state index contributed by atoms with van der Waals surface area (Å²) < 4.78 is 19.6. The first-order valence-electron chi connectivity index (χ1n) is 8.39. The van der Waals surface area contributed by atoms with Crippen LogP contribution >= 0.6 is 24.0 Å². The van der Waals surface area contributed by atoms with Crippen LogP contribution in [-0.4, -0.2) is 21.3 Å². The smallest absolute Gasteiger partial charge is 0.335 e. The number of carbonyl (C=O) groups excluding carboxylic acids is 1. The number of aromatic carboxylic acids is 1. The van der Waals surface area contributed by atoms with Gasteiger partial charge in [0.25, 0.3) is 5.91 Å². The second-order valence-corrected chi connectivity index (χ2v) is 7.76. The van der Waals surface area contributed by atoms with E-state index in [1.54, 1.807) is 36.4 Å². The number of thiocarbonyl (C=S) groups is 1. The highest BCUT2D eigenvalue weighted by Crippen LogP contribution is 2.36. The summed E-state index contributed by atoms with van der Waals surface area (Å²) in [6.07, 6.45) is 1.56. The van der Waals surface area contributed by atoms with Crippen molar-refractivity contribution in [3.05, 3.63) is 82.7 Å². The molecule has 1 aliphatic heterocycles. The third-order valence-corrected chi connectivity index (χ3v) is 5.46. The molecule has 8 heteroatoms. The molecule has 0 radical (unpaired) electrons. The fourth-order valence-electron chi connectivity index (χ4n) is 2.83. The van der Waals surface area contributed by atoms with Gasteiger partial charge in [-0.15, -0.1) is 0 Å². The van der Waals surface area contributed by atoms with E-state index >= 15 is 0 Å². The Balaban J connectivity index is 1.61. The molecule has 144 valence electrons. The van der Waals surface area contributed by atoms with Gasteiger partial charge in [0.2, 0.25) is 0 Å². The normalized spacial score (nSPS) is 15.3. The van der Waals surface area contributed by atoms with Crippen molar-refractivity contribution >= 4 is 51.9 Å². The van der Waals surface area contributed by atoms with Crippen molar-refractivity contribution in [3.8, 4) is 11.3 Å². The van der Waals surface area contributed by atoms with Crippen LogP contribution in [0.5, 0.6) is 0 Å². The van der Waals surface area contributed by atoms with Crippen LogP contribution in [0, 0.1) is 5.82 Å². The molecule has 0 spiro atoms. The van der Waals surface area contributed by atoms with E-state index in [2.05, 4.69) is 0 Å². The lowest BCUT2D eigenvalue weighted by Crippen LogP contribution is -2.27. The van der Waals surface area contributed by atoms with Crippen LogP contribution in [0.25, 0.3) is 17.4 Å². The molecule has 29 heavy (non-hydrogen) atoms. The zero-order valence-electron chi connectivity index (χ0n) is 14.7. The molecule has 1 saturated heterocycles. The van der Waals surface area contributed by atoms with Crippen LogP contribution in [-0.2, 0) is 4.79 Å². The van der Waals surface area contributed by atoms with E-state index in [0.717, 1.165) is 11.8 Å². The molecular formula is C21H12FNO4S2. The monoisotopic (exact) mass is 425 g/mol. The molecule has 0 aliphatic carbocycles. The molecule has 1 amide bonds. The Hall–Kier alpha value is -3.23. The van der Waals surface area contributed by atoms with Crippen molar-refractivity contribution in [3.63, 3.8) is 0 Å². The second kappa shape index (κ2) is 7.65. The van der Waals surface area contributed by atoms with Crippen LogP contribution in [0.4, 0.5) is 10.1 Å². The Morgan fingerprint density at radius 3 is 2.69 bits per heavy atom. The van der Waals surface area contributed by atoms with Crippen LogP contribution in [0.3, 0.4) is 0 Å². The molecule has 2 heterocycles. The van der Waals surface area contributed by atoms with Crippen LogP contribution in [0.1, 0.15) is 16.1 Å². The third-order valence-electron chi connectivity index (χ3n) is 4.15. The first kappa shape index (κ1) is 19.1. The predicted molar refractivity (Wildman–Crippen MR) is 113 cm³/mol. The Morgan fingerprint density at radius 2 is 1.93 bits per heavy atom. The minimum absolute atomic E-state index is 0.149. The van der Waals surface area contributed by atoms with Gasteiger partial charge in [-0.05, 0) is 42.5 Å². The summed E-state index contributed by atoms with van der Waals surface area (Å²) in [5.41, 5.74) is 1.12. The molecular weight excluding hydrogens is 413 g/mol. The summed E-state index contributed by atoms with van der Waals surface area (Å²) in [6.45, 7) is 0. The highest BCUT2D eigenvalue weighted by molar-refractivity contribution is 8.27. The van der Waals surface area contributed by atoms with Crippen molar-refractivity contribution in [2.24, 2.45) is 0 Å². The quantitative estimate of drug-likeness (QED) is 0.458. The Bertz CT molecular complexity index is 1180. The van der Waals surface area contributed by atoms with Gasteiger partial charge < -0.3 is 9.52 Å². The minimum atomic E-state index is -1.03. The number of amides is 1. The number of hydrogen-bond donors (Lipinski definition) is 1. The number of hydrogen-bond acceptors (Lipinski definition) is 5. The molecule has 1 aliphatic rings. The summed E-state index contributed by atoms with van der Waals surface area (Å²) in [5, 5.41) is 9.12. The van der Waals surface area contributed by atoms with Gasteiger partial charge in [0.05, 0.1) is 16.2 Å². The molecule has 1 N–H and O–H groups in total. The number of carbonyl (C=O) groups is 2. The maximum Gasteiger partial charge on any atom is 0.335 e. The SMILES string of the molecule is O=C(O)c1cccc(-c2ccc(C=C3SC(=S)N(c4cccc(F)c4)C3=O)o2)c1. The van der Waals surface area contributed by atoms with Crippen LogP contribution in [0.2, 0.25) is 0 Å². The molecule has 0 unspecified atom stereocenters. The van der Waals surface area contributed by atoms with Gasteiger partial charge in [-0.3, -0.25) is 9.69 Å². The summed E-state index contributed by atoms with van der Waals surface area (Å²) in [4.78, 5) is 25.5. The number of furan rings is 1. The average Bonchev–Trinajstić information content (AvgIpc) is 3.26. The van der Waals surface area contributed by atoms with E-state index in [4.69, 9.17) is 21.7 Å². The fourth-order valence-corrected chi connectivity index (χ4v) is 4.10. The highest BCUT2D eigenvalue weighted by Gasteiger charge is 2.33. The first-order chi connectivity index (χ1) is 13.9. The van der Waals surface area contributed by atoms with Gasteiger partial charge in [-0.25, -0.2) is 9.18 Å². The van der Waals surface area contributed by atoms with Gasteiger partial charge in [0, 0.05) is 11.6 Å². The topological polar surface area (TPSA) is 70.8 Å². The summed E-state index contributed by atoms with van der Waals surface area (Å²) in [7, 11) is 0. The lowest BCUT2D eigenvalue weighted by molar-refractivity contribution is -0.113. The van der Waals surface area contributed by atoms with E-state index in [1.165, 1.54) is 35.2 Å². The average molecular weight is 425 g/mol. The number of carboxylic acid groups (broad SMARTS) is 1. The second-order valence-electron chi connectivity index (χ2n) is 6.08. The predicted octanol–water partition coefficient (Wildman–Crippen LogP) is 5.19. The van der Waals surface area contributed by atoms with E-state index in [-0.39, 0.29) is 11.5 Å². The van der Waals surface area contributed by atoms with Crippen molar-refractivity contribution in [2.75, 3.05) is 4.90 Å². The maximum atomic E-state index is 13.5. The Morgan fingerprint density at radius 1 is 1.14 bits per heavy atom. The van der Waals surface area contributed by atoms with Gasteiger partial charge in [-0.2, -0.15) is 0 Å². The van der Waals surface area contributed by atoms with Crippen LogP contribution in [0.15, 0.2) is 70.0 Å². The maximum absolute atomic E-state index is 13.5. The van der Waals surface area contributed by atoms with Gasteiger partial charge in [-0.1, -0.05) is 42.2 Å². The number of rotatable bonds is 4. The first-order valence-corrected chi connectivity index (χ1v) is 9.62. The minimum Gasteiger partial charge on any atom is -0.478 e. The number of thioether (sulfide) groups is 1. The lowest BCUT2D eigenvalue weighted by atomic mass is 10.1. The lowest BCUT2D eigenvalue weighted by Gasteiger charge is -2.14. The molecule has 1 fully saturated rings. The molecule has 0 atom stereocenters. The van der Waals surface area contributed by atoms with E-state index in [1.807, 2.05) is 0 Å². The largest absolute Gasteiger partial charge is 0.478 e. The van der Waals surface area contributed by atoms with Crippen molar-refractivity contribution in [1.29, 1.82) is 0 Å². The van der Waals surface area contributed by atoms with Crippen LogP contribution < -0.4 is 4.90 Å². The number of anilines is 1. The van der Waals surface area contributed by atoms with Crippen molar-refractivity contribution in [1.82, 2.24) is 0 Å². The number of carboxylic acids is 1. The van der Waals surface area contributed by atoms with Gasteiger partial charge >= 0.3 is 5.97 Å². The standard InChI is InChI=1S/C21H12FNO4S2/c22-14-5-2-6-15(10-14)23-19(24)18(29-21(23)28)11-16-7-8-17(27-16)12-3-1-4-13(9-12)20(25)26/h1-11H,(H,25,26). The van der Waals surface area contributed by atoms with E-state index < -0.39 is 11.8 Å². The van der Waals surface area contributed by atoms with E-state index in [0.29, 0.717) is 32.0 Å². The zero-order valence-corrected chi connectivity index (χ0v) is 16.3. The molecule has 3 aromatic rings. The highest BCUT2D eigenvalue weighted by atomic mass is 32.2. The Labute approximate surface area is 174 Å². The summed E-state index contributed by atoms with van der Waals surface area (Å²) in [5.74, 6) is -0.962. The Kier molecular flexibility index (Phi) is 5.04. The molecule has 2 aromatic carbocycles. The molecule has 1 aromatic heterocycles. The van der Waals surface area contributed by atoms with Crippen molar-refractivity contribution in [2.45, 2.75) is 0 Å². The molecule has 5 nitrogen and oxygen atoms in total. The van der Waals surface area contributed by atoms with Gasteiger partial charge in [0.1, 0.15) is 17.3 Å². The van der Waals surface area contributed by atoms with Crippen molar-refractivity contribution < 1.29 is 23.5 Å². The fraction of sp³-hybridized carbons (Fsp3) is 0. The zero-order chi connectivity index (χ0) is 20.5. The number of halogens is 1. The number of nitrogens with zero attached hydrogens (tertiary/aromatic N) is 1. The molecule has 0 bridgehead atoms. The summed E-state index contributed by atoms with van der Waals surface area (Å²) in [6, 6.07) is 15.4. The summed E-state index contributed by atoms with van der Waals surface area (Å²) >= 11 is 6.37. The number of benzene rings is 2. The molecule has 0 saturated carbocycles.